The van der Waals surface area contributed by atoms with Gasteiger partial charge in [-0.05, 0) is 29.8 Å². The van der Waals surface area contributed by atoms with E-state index in [9.17, 15) is 0 Å². The molecule has 1 aromatic carbocycles. The first-order valence-corrected chi connectivity index (χ1v) is 6.65. The number of alkyl halides is 1. The van der Waals surface area contributed by atoms with E-state index in [1.54, 1.807) is 20.4 Å². The molecule has 0 aliphatic rings. The molecule has 1 heterocycles. The molecule has 0 amide bonds. The van der Waals surface area contributed by atoms with Crippen molar-refractivity contribution in [3.8, 4) is 17.2 Å². The molecule has 0 saturated carbocycles. The number of pyridine rings is 1. The van der Waals surface area contributed by atoms with Crippen LogP contribution in [-0.2, 0) is 12.5 Å². The third-order valence-electron chi connectivity index (χ3n) is 2.77. The monoisotopic (exact) mass is 293 g/mol. The summed E-state index contributed by atoms with van der Waals surface area (Å²) in [5, 5.41) is 0. The fraction of sp³-hybridized carbons (Fsp3) is 0.267. The second-order valence-corrected chi connectivity index (χ2v) is 4.34. The summed E-state index contributed by atoms with van der Waals surface area (Å²) in [5.74, 6) is 2.12. The number of benzene rings is 1. The molecule has 0 aliphatic heterocycles. The molecule has 106 valence electrons. The van der Waals surface area contributed by atoms with E-state index in [-0.39, 0.29) is 0 Å². The molecule has 20 heavy (non-hydrogen) atoms. The molecule has 0 aliphatic carbocycles. The van der Waals surface area contributed by atoms with Crippen LogP contribution < -0.4 is 14.2 Å². The zero-order chi connectivity index (χ0) is 14.4. The quantitative estimate of drug-likeness (QED) is 0.765. The SMILES string of the molecule is COc1cc(CCl)cc(OC)c1OCc1ccccn1. The highest BCUT2D eigenvalue weighted by molar-refractivity contribution is 6.17. The van der Waals surface area contributed by atoms with Gasteiger partial charge in [-0.25, -0.2) is 0 Å². The van der Waals surface area contributed by atoms with Gasteiger partial charge in [0.1, 0.15) is 6.61 Å². The average Bonchev–Trinajstić information content (AvgIpc) is 2.52. The van der Waals surface area contributed by atoms with Gasteiger partial charge >= 0.3 is 0 Å². The first kappa shape index (κ1) is 14.5. The van der Waals surface area contributed by atoms with Crippen molar-refractivity contribution in [2.75, 3.05) is 14.2 Å². The van der Waals surface area contributed by atoms with Gasteiger partial charge in [0.2, 0.25) is 5.75 Å². The molecule has 0 spiro atoms. The Morgan fingerprint density at radius 2 is 1.80 bits per heavy atom. The van der Waals surface area contributed by atoms with Gasteiger partial charge in [0.05, 0.1) is 19.9 Å². The molecule has 0 atom stereocenters. The van der Waals surface area contributed by atoms with E-state index in [0.29, 0.717) is 29.7 Å². The highest BCUT2D eigenvalue weighted by atomic mass is 35.5. The first-order chi connectivity index (χ1) is 9.78. The molecule has 0 radical (unpaired) electrons. The Labute approximate surface area is 123 Å². The lowest BCUT2D eigenvalue weighted by molar-refractivity contribution is 0.262. The standard InChI is InChI=1S/C15H16ClNO3/c1-18-13-7-11(9-16)8-14(19-2)15(13)20-10-12-5-3-4-6-17-12/h3-8H,9-10H2,1-2H3. The van der Waals surface area contributed by atoms with Crippen molar-refractivity contribution in [2.24, 2.45) is 0 Å². The van der Waals surface area contributed by atoms with Gasteiger partial charge < -0.3 is 14.2 Å². The molecular formula is C15H16ClNO3. The summed E-state index contributed by atoms with van der Waals surface area (Å²) in [7, 11) is 3.17. The van der Waals surface area contributed by atoms with Crippen molar-refractivity contribution in [3.63, 3.8) is 0 Å². The number of hydrogen-bond acceptors (Lipinski definition) is 4. The van der Waals surface area contributed by atoms with E-state index < -0.39 is 0 Å². The Morgan fingerprint density at radius 3 is 2.30 bits per heavy atom. The Hall–Kier alpha value is -1.94. The molecule has 4 nitrogen and oxygen atoms in total. The number of aromatic nitrogens is 1. The van der Waals surface area contributed by atoms with Crippen molar-refractivity contribution in [3.05, 3.63) is 47.8 Å². The number of hydrogen-bond donors (Lipinski definition) is 0. The smallest absolute Gasteiger partial charge is 0.203 e. The van der Waals surface area contributed by atoms with Gasteiger partial charge in [0, 0.05) is 12.1 Å². The predicted octanol–water partition coefficient (Wildman–Crippen LogP) is 3.42. The number of nitrogens with zero attached hydrogens (tertiary/aromatic N) is 1. The van der Waals surface area contributed by atoms with Crippen LogP contribution in [0.3, 0.4) is 0 Å². The molecular weight excluding hydrogens is 278 g/mol. The van der Waals surface area contributed by atoms with Crippen molar-refractivity contribution in [1.82, 2.24) is 4.98 Å². The molecule has 2 aromatic rings. The van der Waals surface area contributed by atoms with Gasteiger partial charge in [-0.2, -0.15) is 0 Å². The van der Waals surface area contributed by atoms with Gasteiger partial charge in [-0.1, -0.05) is 6.07 Å². The van der Waals surface area contributed by atoms with E-state index in [4.69, 9.17) is 25.8 Å². The van der Waals surface area contributed by atoms with Crippen LogP contribution in [0.25, 0.3) is 0 Å². The lowest BCUT2D eigenvalue weighted by Gasteiger charge is -2.15. The van der Waals surface area contributed by atoms with Crippen LogP contribution in [-0.4, -0.2) is 19.2 Å². The Morgan fingerprint density at radius 1 is 1.10 bits per heavy atom. The molecule has 0 bridgehead atoms. The summed E-state index contributed by atoms with van der Waals surface area (Å²) in [4.78, 5) is 4.21. The predicted molar refractivity (Wildman–Crippen MR) is 77.7 cm³/mol. The van der Waals surface area contributed by atoms with Crippen molar-refractivity contribution >= 4 is 11.6 Å². The normalized spacial score (nSPS) is 10.2. The van der Waals surface area contributed by atoms with E-state index in [1.165, 1.54) is 0 Å². The maximum atomic E-state index is 5.85. The zero-order valence-corrected chi connectivity index (χ0v) is 12.2. The second kappa shape index (κ2) is 7.01. The first-order valence-electron chi connectivity index (χ1n) is 6.12. The molecule has 2 rings (SSSR count). The van der Waals surface area contributed by atoms with Crippen LogP contribution in [0, 0.1) is 0 Å². The third-order valence-corrected chi connectivity index (χ3v) is 3.07. The lowest BCUT2D eigenvalue weighted by atomic mass is 10.2. The number of methoxy groups -OCH3 is 2. The van der Waals surface area contributed by atoms with Crippen molar-refractivity contribution in [2.45, 2.75) is 12.5 Å². The van der Waals surface area contributed by atoms with E-state index in [0.717, 1.165) is 11.3 Å². The average molecular weight is 294 g/mol. The minimum absolute atomic E-state index is 0.341. The number of rotatable bonds is 6. The fourth-order valence-electron chi connectivity index (χ4n) is 1.78. The summed E-state index contributed by atoms with van der Waals surface area (Å²) < 4.78 is 16.4. The lowest BCUT2D eigenvalue weighted by Crippen LogP contribution is -2.02. The minimum Gasteiger partial charge on any atom is -0.493 e. The van der Waals surface area contributed by atoms with Gasteiger partial charge in [-0.15, -0.1) is 11.6 Å². The highest BCUT2D eigenvalue weighted by Crippen LogP contribution is 2.39. The summed E-state index contributed by atoms with van der Waals surface area (Å²) in [6, 6.07) is 9.34. The maximum absolute atomic E-state index is 5.85. The van der Waals surface area contributed by atoms with Crippen LogP contribution in [0.2, 0.25) is 0 Å². The van der Waals surface area contributed by atoms with Crippen LogP contribution >= 0.6 is 11.6 Å². The summed E-state index contributed by atoms with van der Waals surface area (Å²) in [6.45, 7) is 0.341. The molecule has 0 fully saturated rings. The Balaban J connectivity index is 2.25. The van der Waals surface area contributed by atoms with Crippen LogP contribution in [0.4, 0.5) is 0 Å². The molecule has 0 N–H and O–H groups in total. The highest BCUT2D eigenvalue weighted by Gasteiger charge is 2.14. The topological polar surface area (TPSA) is 40.6 Å². The van der Waals surface area contributed by atoms with Crippen molar-refractivity contribution in [1.29, 1.82) is 0 Å². The number of halogens is 1. The van der Waals surface area contributed by atoms with E-state index >= 15 is 0 Å². The van der Waals surface area contributed by atoms with Crippen LogP contribution in [0.1, 0.15) is 11.3 Å². The van der Waals surface area contributed by atoms with Gasteiger partial charge in [-0.3, -0.25) is 4.98 Å². The summed E-state index contributed by atoms with van der Waals surface area (Å²) >= 11 is 5.85. The van der Waals surface area contributed by atoms with E-state index in [1.807, 2.05) is 30.3 Å². The molecule has 1 aromatic heterocycles. The Bertz CT molecular complexity index is 535. The fourth-order valence-corrected chi connectivity index (χ4v) is 1.94. The third kappa shape index (κ3) is 3.33. The van der Waals surface area contributed by atoms with Crippen molar-refractivity contribution < 1.29 is 14.2 Å². The largest absolute Gasteiger partial charge is 0.493 e. The van der Waals surface area contributed by atoms with Gasteiger partial charge in [0.15, 0.2) is 11.5 Å². The maximum Gasteiger partial charge on any atom is 0.203 e. The minimum atomic E-state index is 0.341. The van der Waals surface area contributed by atoms with Crippen LogP contribution in [0.5, 0.6) is 17.2 Å². The second-order valence-electron chi connectivity index (χ2n) is 4.07. The molecule has 0 unspecified atom stereocenters. The zero-order valence-electron chi connectivity index (χ0n) is 11.4. The van der Waals surface area contributed by atoms with Crippen LogP contribution in [0.15, 0.2) is 36.5 Å². The Kier molecular flexibility index (Phi) is 5.07. The molecule has 0 saturated heterocycles. The summed E-state index contributed by atoms with van der Waals surface area (Å²) in [6.07, 6.45) is 1.73. The number of ether oxygens (including phenoxy) is 3. The molecule has 5 heteroatoms. The van der Waals surface area contributed by atoms with Gasteiger partial charge in [0.25, 0.3) is 0 Å². The summed E-state index contributed by atoms with van der Waals surface area (Å²) in [5.41, 5.74) is 1.74. The van der Waals surface area contributed by atoms with E-state index in [2.05, 4.69) is 4.98 Å².